The predicted octanol–water partition coefficient (Wildman–Crippen LogP) is 2.24. The number of rotatable bonds is 2. The van der Waals surface area contributed by atoms with Crippen LogP contribution in [-0.2, 0) is 9.84 Å². The number of benzene rings is 1. The average Bonchev–Trinajstić information content (AvgIpc) is 2.67. The number of hydrogen-bond donors (Lipinski definition) is 0. The minimum atomic E-state index is -3.10. The van der Waals surface area contributed by atoms with Crippen LogP contribution in [0.4, 0.5) is 4.39 Å². The van der Waals surface area contributed by atoms with Crippen molar-refractivity contribution in [2.45, 2.75) is 36.2 Å². The van der Waals surface area contributed by atoms with Crippen LogP contribution in [0.2, 0.25) is 0 Å². The first-order valence-electron chi connectivity index (χ1n) is 6.90. The minimum Gasteiger partial charge on any atom is -0.294 e. The number of halogens is 1. The topological polar surface area (TPSA) is 75.0 Å². The molecular weight excluding hydrogens is 293 g/mol. The first-order chi connectivity index (χ1) is 9.93. The molecule has 0 radical (unpaired) electrons. The summed E-state index contributed by atoms with van der Waals surface area (Å²) in [5.41, 5.74) is 0.129. The van der Waals surface area contributed by atoms with Crippen molar-refractivity contribution in [3.05, 3.63) is 35.1 Å². The van der Waals surface area contributed by atoms with Gasteiger partial charge in [0.2, 0.25) is 0 Å². The molecule has 2 saturated heterocycles. The Hall–Kier alpha value is -1.74. The first-order valence-corrected chi connectivity index (χ1v) is 8.51. The van der Waals surface area contributed by atoms with Crippen molar-refractivity contribution in [3.8, 4) is 6.07 Å². The molecule has 6 heteroatoms. The van der Waals surface area contributed by atoms with Crippen molar-refractivity contribution in [3.63, 3.8) is 0 Å². The van der Waals surface area contributed by atoms with Crippen LogP contribution in [0.15, 0.2) is 18.2 Å². The maximum atomic E-state index is 13.8. The molecule has 0 spiro atoms. The summed E-state index contributed by atoms with van der Waals surface area (Å²) in [4.78, 5) is 12.5. The second-order valence-electron chi connectivity index (χ2n) is 5.75. The maximum absolute atomic E-state index is 13.8. The van der Waals surface area contributed by atoms with E-state index in [0.717, 1.165) is 6.07 Å². The quantitative estimate of drug-likeness (QED) is 0.785. The standard InChI is InChI=1S/C15H14FNO3S/c16-14-4-1-9(8-17)5-13(14)15(18)10-6-11-2-3-12(7-10)21(11,19)20/h1,4-5,10-12H,2-3,6-7H2. The molecule has 3 rings (SSSR count). The SMILES string of the molecule is N#Cc1ccc(F)c(C(=O)C2CC3CCC(C2)S3(=O)=O)c1. The average molecular weight is 307 g/mol. The fourth-order valence-corrected chi connectivity index (χ4v) is 5.90. The van der Waals surface area contributed by atoms with Gasteiger partial charge in [-0.1, -0.05) is 0 Å². The molecule has 1 aromatic carbocycles. The highest BCUT2D eigenvalue weighted by Gasteiger charge is 2.48. The number of nitrogens with zero attached hydrogens (tertiary/aromatic N) is 1. The smallest absolute Gasteiger partial charge is 0.169 e. The third kappa shape index (κ3) is 2.26. The number of carbonyl (C=O) groups excluding carboxylic acids is 1. The van der Waals surface area contributed by atoms with Crippen molar-refractivity contribution in [1.29, 1.82) is 5.26 Å². The number of fused-ring (bicyclic) bond motifs is 2. The van der Waals surface area contributed by atoms with Crippen LogP contribution in [0.5, 0.6) is 0 Å². The molecule has 4 nitrogen and oxygen atoms in total. The Morgan fingerprint density at radius 2 is 1.86 bits per heavy atom. The molecule has 21 heavy (non-hydrogen) atoms. The van der Waals surface area contributed by atoms with Gasteiger partial charge in [-0.2, -0.15) is 5.26 Å². The summed E-state index contributed by atoms with van der Waals surface area (Å²) in [5.74, 6) is -1.49. The zero-order chi connectivity index (χ0) is 15.2. The van der Waals surface area contributed by atoms with Gasteiger partial charge in [0.05, 0.1) is 27.7 Å². The summed E-state index contributed by atoms with van der Waals surface area (Å²) in [5, 5.41) is 7.91. The van der Waals surface area contributed by atoms with Crippen molar-refractivity contribution in [2.24, 2.45) is 5.92 Å². The van der Waals surface area contributed by atoms with Crippen LogP contribution in [-0.4, -0.2) is 24.7 Å². The zero-order valence-electron chi connectivity index (χ0n) is 11.3. The van der Waals surface area contributed by atoms with Gasteiger partial charge in [-0.15, -0.1) is 0 Å². The summed E-state index contributed by atoms with van der Waals surface area (Å²) in [6, 6.07) is 5.56. The Labute approximate surface area is 122 Å². The van der Waals surface area contributed by atoms with Crippen LogP contribution >= 0.6 is 0 Å². The van der Waals surface area contributed by atoms with Crippen LogP contribution in [0.25, 0.3) is 0 Å². The van der Waals surface area contributed by atoms with E-state index in [1.165, 1.54) is 12.1 Å². The van der Waals surface area contributed by atoms with E-state index < -0.39 is 32.1 Å². The molecule has 2 aliphatic rings. The molecule has 0 N–H and O–H groups in total. The molecule has 2 heterocycles. The Morgan fingerprint density at radius 1 is 1.24 bits per heavy atom. The fraction of sp³-hybridized carbons (Fsp3) is 0.467. The van der Waals surface area contributed by atoms with Crippen LogP contribution in [0.1, 0.15) is 41.6 Å². The zero-order valence-corrected chi connectivity index (χ0v) is 12.1. The number of carbonyl (C=O) groups is 1. The molecule has 0 aromatic heterocycles. The van der Waals surface area contributed by atoms with E-state index in [1.807, 2.05) is 6.07 Å². The van der Waals surface area contributed by atoms with E-state index in [2.05, 4.69) is 0 Å². The summed E-state index contributed by atoms with van der Waals surface area (Å²) < 4.78 is 37.9. The number of nitriles is 1. The summed E-state index contributed by atoms with van der Waals surface area (Å²) in [6.45, 7) is 0. The maximum Gasteiger partial charge on any atom is 0.169 e. The van der Waals surface area contributed by atoms with Crippen molar-refractivity contribution >= 4 is 15.6 Å². The second-order valence-corrected chi connectivity index (χ2v) is 8.26. The minimum absolute atomic E-state index is 0.0993. The van der Waals surface area contributed by atoms with Crippen molar-refractivity contribution in [2.75, 3.05) is 0 Å². The largest absolute Gasteiger partial charge is 0.294 e. The van der Waals surface area contributed by atoms with Gasteiger partial charge in [0.15, 0.2) is 15.6 Å². The number of hydrogen-bond acceptors (Lipinski definition) is 4. The normalized spacial score (nSPS) is 29.8. The second kappa shape index (κ2) is 4.92. The molecular formula is C15H14FNO3S. The van der Waals surface area contributed by atoms with Gasteiger partial charge in [-0.05, 0) is 43.9 Å². The fourth-order valence-electron chi connectivity index (χ4n) is 3.42. The van der Waals surface area contributed by atoms with Crippen molar-refractivity contribution < 1.29 is 17.6 Å². The van der Waals surface area contributed by atoms with Crippen LogP contribution < -0.4 is 0 Å². The third-order valence-electron chi connectivity index (χ3n) is 4.57. The molecule has 0 saturated carbocycles. The molecule has 0 aliphatic carbocycles. The van der Waals surface area contributed by atoms with Crippen molar-refractivity contribution in [1.82, 2.24) is 0 Å². The van der Waals surface area contributed by atoms with Gasteiger partial charge in [-0.25, -0.2) is 12.8 Å². The van der Waals surface area contributed by atoms with E-state index in [4.69, 9.17) is 5.26 Å². The van der Waals surface area contributed by atoms with Gasteiger partial charge in [0, 0.05) is 5.92 Å². The molecule has 0 amide bonds. The Balaban J connectivity index is 1.90. The lowest BCUT2D eigenvalue weighted by molar-refractivity contribution is 0.0901. The lowest BCUT2D eigenvalue weighted by Crippen LogP contribution is -2.36. The highest BCUT2D eigenvalue weighted by Crippen LogP contribution is 2.42. The van der Waals surface area contributed by atoms with E-state index in [-0.39, 0.29) is 29.8 Å². The molecule has 2 atom stereocenters. The lowest BCUT2D eigenvalue weighted by atomic mass is 9.89. The molecule has 2 aliphatic heterocycles. The van der Waals surface area contributed by atoms with E-state index in [0.29, 0.717) is 12.8 Å². The molecule has 1 aromatic rings. The van der Waals surface area contributed by atoms with Gasteiger partial charge < -0.3 is 0 Å². The third-order valence-corrected chi connectivity index (χ3v) is 7.28. The Kier molecular flexibility index (Phi) is 3.33. The number of sulfone groups is 1. The first kappa shape index (κ1) is 14.2. The monoisotopic (exact) mass is 307 g/mol. The van der Waals surface area contributed by atoms with E-state index >= 15 is 0 Å². The van der Waals surface area contributed by atoms with Gasteiger partial charge in [-0.3, -0.25) is 4.79 Å². The lowest BCUT2D eigenvalue weighted by Gasteiger charge is -2.27. The number of Topliss-reactive ketones (excluding diaryl/α,β-unsaturated/α-hetero) is 1. The van der Waals surface area contributed by atoms with Gasteiger partial charge in [0.1, 0.15) is 5.82 Å². The molecule has 110 valence electrons. The highest BCUT2D eigenvalue weighted by atomic mass is 32.2. The summed E-state index contributed by atoms with van der Waals surface area (Å²) in [6.07, 6.45) is 1.73. The van der Waals surface area contributed by atoms with E-state index in [1.54, 1.807) is 0 Å². The molecule has 2 fully saturated rings. The number of ketones is 1. The van der Waals surface area contributed by atoms with Gasteiger partial charge in [0.25, 0.3) is 0 Å². The summed E-state index contributed by atoms with van der Waals surface area (Å²) >= 11 is 0. The molecule has 2 bridgehead atoms. The summed E-state index contributed by atoms with van der Waals surface area (Å²) in [7, 11) is -3.10. The van der Waals surface area contributed by atoms with E-state index in [9.17, 15) is 17.6 Å². The highest BCUT2D eigenvalue weighted by molar-refractivity contribution is 7.93. The van der Waals surface area contributed by atoms with Crippen LogP contribution in [0.3, 0.4) is 0 Å². The Bertz CT molecular complexity index is 731. The van der Waals surface area contributed by atoms with Gasteiger partial charge >= 0.3 is 0 Å². The van der Waals surface area contributed by atoms with Crippen LogP contribution in [0, 0.1) is 23.1 Å². The molecule has 2 unspecified atom stereocenters. The predicted molar refractivity (Wildman–Crippen MR) is 73.9 cm³/mol. The Morgan fingerprint density at radius 3 is 2.43 bits per heavy atom.